The normalized spacial score (nSPS) is 19.4. The standard InChI is InChI=1S/C25H30N6O/c1-18-27-13-14-31(18)23-10-9-19(16-28-23)17-29-24(26-2)30-21-15-25(11-5-6-12-25)32-22-8-4-3-7-20(21)22/h3-4,7-10,13-14,16,21H,5-6,11-12,15,17H2,1-2H3,(H2,26,29,30). The fraction of sp³-hybridized carbons (Fsp3) is 0.400. The monoisotopic (exact) mass is 430 g/mol. The number of benzene rings is 1. The van der Waals surface area contributed by atoms with Crippen LogP contribution in [0.2, 0.25) is 0 Å². The third kappa shape index (κ3) is 4.07. The molecule has 1 saturated carbocycles. The molecule has 7 nitrogen and oxygen atoms in total. The number of guanidine groups is 1. The van der Waals surface area contributed by atoms with Gasteiger partial charge in [-0.2, -0.15) is 0 Å². The Morgan fingerprint density at radius 3 is 2.75 bits per heavy atom. The first-order valence-corrected chi connectivity index (χ1v) is 11.4. The number of nitrogens with zero attached hydrogens (tertiary/aromatic N) is 4. The molecule has 1 aromatic carbocycles. The molecule has 2 aromatic heterocycles. The van der Waals surface area contributed by atoms with Crippen molar-refractivity contribution >= 4 is 5.96 Å². The second kappa shape index (κ2) is 8.65. The second-order valence-electron chi connectivity index (χ2n) is 8.73. The topological polar surface area (TPSA) is 76.4 Å². The number of para-hydroxylation sites is 1. The van der Waals surface area contributed by atoms with E-state index in [1.54, 1.807) is 6.20 Å². The number of fused-ring (bicyclic) bond motifs is 1. The van der Waals surface area contributed by atoms with E-state index in [2.05, 4.69) is 55.9 Å². The van der Waals surface area contributed by atoms with Crippen LogP contribution >= 0.6 is 0 Å². The molecule has 7 heteroatoms. The Balaban J connectivity index is 1.26. The highest BCUT2D eigenvalue weighted by molar-refractivity contribution is 5.80. The van der Waals surface area contributed by atoms with Crippen LogP contribution in [0.1, 0.15) is 55.1 Å². The number of aryl methyl sites for hydroxylation is 1. The summed E-state index contributed by atoms with van der Waals surface area (Å²) in [6.45, 7) is 2.61. The molecule has 32 heavy (non-hydrogen) atoms. The Morgan fingerprint density at radius 1 is 1.19 bits per heavy atom. The van der Waals surface area contributed by atoms with E-state index in [1.165, 1.54) is 18.4 Å². The van der Waals surface area contributed by atoms with Gasteiger partial charge in [-0.3, -0.25) is 9.56 Å². The predicted octanol–water partition coefficient (Wildman–Crippen LogP) is 4.08. The van der Waals surface area contributed by atoms with Crippen LogP contribution in [0.15, 0.2) is 60.0 Å². The van der Waals surface area contributed by atoms with Crippen molar-refractivity contribution in [2.45, 2.75) is 57.2 Å². The summed E-state index contributed by atoms with van der Waals surface area (Å²) in [6.07, 6.45) is 11.3. The number of imidazole rings is 1. The van der Waals surface area contributed by atoms with E-state index in [0.717, 1.165) is 48.2 Å². The average Bonchev–Trinajstić information content (AvgIpc) is 3.45. The van der Waals surface area contributed by atoms with Crippen LogP contribution in [-0.2, 0) is 6.54 Å². The molecule has 1 fully saturated rings. The van der Waals surface area contributed by atoms with Crippen molar-refractivity contribution in [1.82, 2.24) is 25.2 Å². The molecule has 3 heterocycles. The van der Waals surface area contributed by atoms with Crippen LogP contribution in [0.4, 0.5) is 0 Å². The Hall–Kier alpha value is -3.35. The maximum atomic E-state index is 6.49. The smallest absolute Gasteiger partial charge is 0.191 e. The maximum Gasteiger partial charge on any atom is 0.191 e. The van der Waals surface area contributed by atoms with E-state index in [9.17, 15) is 0 Å². The number of nitrogens with one attached hydrogen (secondary N) is 2. The summed E-state index contributed by atoms with van der Waals surface area (Å²) < 4.78 is 8.46. The van der Waals surface area contributed by atoms with Crippen LogP contribution in [0.25, 0.3) is 5.82 Å². The van der Waals surface area contributed by atoms with Crippen LogP contribution in [-0.4, -0.2) is 33.1 Å². The van der Waals surface area contributed by atoms with Crippen LogP contribution in [0.3, 0.4) is 0 Å². The average molecular weight is 431 g/mol. The minimum Gasteiger partial charge on any atom is -0.487 e. The van der Waals surface area contributed by atoms with Crippen molar-refractivity contribution in [3.63, 3.8) is 0 Å². The van der Waals surface area contributed by atoms with Gasteiger partial charge in [0.2, 0.25) is 0 Å². The lowest BCUT2D eigenvalue weighted by Gasteiger charge is -2.40. The third-order valence-corrected chi connectivity index (χ3v) is 6.59. The molecular formula is C25H30N6O. The highest BCUT2D eigenvalue weighted by Crippen LogP contribution is 2.46. The lowest BCUT2D eigenvalue weighted by atomic mass is 9.86. The largest absolute Gasteiger partial charge is 0.487 e. The predicted molar refractivity (Wildman–Crippen MR) is 125 cm³/mol. The molecule has 1 unspecified atom stereocenters. The van der Waals surface area contributed by atoms with Crippen LogP contribution in [0.5, 0.6) is 5.75 Å². The van der Waals surface area contributed by atoms with E-state index >= 15 is 0 Å². The molecule has 2 aliphatic rings. The van der Waals surface area contributed by atoms with Gasteiger partial charge in [-0.25, -0.2) is 9.97 Å². The zero-order valence-corrected chi connectivity index (χ0v) is 18.7. The summed E-state index contributed by atoms with van der Waals surface area (Å²) >= 11 is 0. The van der Waals surface area contributed by atoms with Gasteiger partial charge in [0.05, 0.1) is 6.04 Å². The van der Waals surface area contributed by atoms with Gasteiger partial charge >= 0.3 is 0 Å². The van der Waals surface area contributed by atoms with Crippen molar-refractivity contribution in [3.05, 3.63) is 71.9 Å². The molecule has 166 valence electrons. The van der Waals surface area contributed by atoms with Crippen molar-refractivity contribution < 1.29 is 4.74 Å². The van der Waals surface area contributed by atoms with E-state index in [0.29, 0.717) is 6.54 Å². The Morgan fingerprint density at radius 2 is 2.03 bits per heavy atom. The number of hydrogen-bond acceptors (Lipinski definition) is 4. The second-order valence-corrected chi connectivity index (χ2v) is 8.73. The highest BCUT2D eigenvalue weighted by atomic mass is 16.5. The van der Waals surface area contributed by atoms with Gasteiger partial charge in [0, 0.05) is 44.2 Å². The molecule has 1 aliphatic carbocycles. The fourth-order valence-corrected chi connectivity index (χ4v) is 4.90. The number of hydrogen-bond donors (Lipinski definition) is 2. The van der Waals surface area contributed by atoms with E-state index in [4.69, 9.17) is 4.74 Å². The van der Waals surface area contributed by atoms with Gasteiger partial charge < -0.3 is 15.4 Å². The lowest BCUT2D eigenvalue weighted by Crippen LogP contribution is -2.46. The van der Waals surface area contributed by atoms with Gasteiger partial charge in [0.1, 0.15) is 23.0 Å². The Kier molecular flexibility index (Phi) is 5.55. The first kappa shape index (κ1) is 20.5. The highest BCUT2D eigenvalue weighted by Gasteiger charge is 2.43. The van der Waals surface area contributed by atoms with Crippen LogP contribution in [0, 0.1) is 6.92 Å². The summed E-state index contributed by atoms with van der Waals surface area (Å²) in [5, 5.41) is 7.10. The number of ether oxygens (including phenoxy) is 1. The summed E-state index contributed by atoms with van der Waals surface area (Å²) in [4.78, 5) is 13.3. The number of aromatic nitrogens is 3. The minimum absolute atomic E-state index is 0.0456. The molecule has 2 N–H and O–H groups in total. The number of pyridine rings is 1. The zero-order valence-electron chi connectivity index (χ0n) is 18.7. The summed E-state index contributed by atoms with van der Waals surface area (Å²) in [6, 6.07) is 12.7. The summed E-state index contributed by atoms with van der Waals surface area (Å²) in [5.41, 5.74) is 2.25. The number of rotatable bonds is 4. The Labute approximate surface area is 189 Å². The molecule has 1 aliphatic heterocycles. The van der Waals surface area contributed by atoms with Crippen molar-refractivity contribution in [2.75, 3.05) is 7.05 Å². The Bertz CT molecular complexity index is 1100. The molecule has 1 atom stereocenters. The first-order valence-electron chi connectivity index (χ1n) is 11.4. The van der Waals surface area contributed by atoms with Gasteiger partial charge in [-0.1, -0.05) is 24.3 Å². The van der Waals surface area contributed by atoms with Gasteiger partial charge in [0.25, 0.3) is 0 Å². The van der Waals surface area contributed by atoms with Gasteiger partial charge in [-0.15, -0.1) is 0 Å². The van der Waals surface area contributed by atoms with Gasteiger partial charge in [0.15, 0.2) is 5.96 Å². The van der Waals surface area contributed by atoms with E-state index in [-0.39, 0.29) is 11.6 Å². The molecule has 1 spiro atoms. The third-order valence-electron chi connectivity index (χ3n) is 6.59. The summed E-state index contributed by atoms with van der Waals surface area (Å²) in [7, 11) is 1.81. The molecule has 0 bridgehead atoms. The lowest BCUT2D eigenvalue weighted by molar-refractivity contribution is 0.0396. The quantitative estimate of drug-likeness (QED) is 0.482. The SMILES string of the molecule is CN=C(NCc1ccc(-n2ccnc2C)nc1)NC1CC2(CCCC2)Oc2ccccc21. The molecule has 0 saturated heterocycles. The zero-order chi connectivity index (χ0) is 22.0. The van der Waals surface area contributed by atoms with Gasteiger partial charge in [-0.05, 0) is 50.3 Å². The van der Waals surface area contributed by atoms with Crippen molar-refractivity contribution in [3.8, 4) is 11.6 Å². The van der Waals surface area contributed by atoms with E-state index < -0.39 is 0 Å². The molecule has 3 aromatic rings. The van der Waals surface area contributed by atoms with Crippen LogP contribution < -0.4 is 15.4 Å². The first-order chi connectivity index (χ1) is 15.7. The van der Waals surface area contributed by atoms with E-state index in [1.807, 2.05) is 37.0 Å². The molecular weight excluding hydrogens is 400 g/mol. The van der Waals surface area contributed by atoms with Crippen molar-refractivity contribution in [1.29, 1.82) is 0 Å². The molecule has 0 amide bonds. The molecule has 0 radical (unpaired) electrons. The number of aliphatic imine (C=N–C) groups is 1. The fourth-order valence-electron chi connectivity index (χ4n) is 4.90. The van der Waals surface area contributed by atoms with Crippen molar-refractivity contribution in [2.24, 2.45) is 4.99 Å². The summed E-state index contributed by atoms with van der Waals surface area (Å²) in [5.74, 6) is 3.58. The molecule has 5 rings (SSSR count). The maximum absolute atomic E-state index is 6.49. The minimum atomic E-state index is -0.0456.